The average Bonchev–Trinajstić information content (AvgIpc) is 2.79. The Balaban J connectivity index is 2.15. The third-order valence-corrected chi connectivity index (χ3v) is 3.49. The Morgan fingerprint density at radius 2 is 2.11 bits per heavy atom. The van der Waals surface area contributed by atoms with Crippen LogP contribution in [-0.2, 0) is 9.53 Å². The van der Waals surface area contributed by atoms with E-state index in [2.05, 4.69) is 10.6 Å². The zero-order valence-electron chi connectivity index (χ0n) is 11.5. The van der Waals surface area contributed by atoms with Gasteiger partial charge in [0.1, 0.15) is 0 Å². The molecule has 1 saturated carbocycles. The highest BCUT2D eigenvalue weighted by atomic mass is 16.5. The first kappa shape index (κ1) is 15.4. The molecule has 5 nitrogen and oxygen atoms in total. The van der Waals surface area contributed by atoms with Gasteiger partial charge in [-0.1, -0.05) is 12.8 Å². The summed E-state index contributed by atoms with van der Waals surface area (Å²) in [4.78, 5) is 11.7. The highest BCUT2D eigenvalue weighted by Gasteiger charge is 2.31. The smallest absolute Gasteiger partial charge is 0.236 e. The number of methoxy groups -OCH3 is 1. The maximum absolute atomic E-state index is 11.7. The molecular formula is C13H26N2O3. The number of ether oxygens (including phenoxy) is 1. The lowest BCUT2D eigenvalue weighted by Gasteiger charge is -2.24. The summed E-state index contributed by atoms with van der Waals surface area (Å²) in [6.07, 6.45) is 4.65. The molecule has 0 aromatic rings. The summed E-state index contributed by atoms with van der Waals surface area (Å²) < 4.78 is 4.91. The van der Waals surface area contributed by atoms with Crippen molar-refractivity contribution in [2.24, 2.45) is 0 Å². The predicted molar refractivity (Wildman–Crippen MR) is 70.4 cm³/mol. The first-order valence-electron chi connectivity index (χ1n) is 6.80. The molecule has 0 spiro atoms. The average molecular weight is 258 g/mol. The molecule has 0 aliphatic heterocycles. The number of carbonyl (C=O) groups is 1. The van der Waals surface area contributed by atoms with E-state index in [1.165, 1.54) is 0 Å². The van der Waals surface area contributed by atoms with Crippen LogP contribution < -0.4 is 10.6 Å². The Morgan fingerprint density at radius 3 is 2.72 bits per heavy atom. The fourth-order valence-electron chi connectivity index (χ4n) is 2.23. The number of rotatable bonds is 8. The summed E-state index contributed by atoms with van der Waals surface area (Å²) in [5.41, 5.74) is -0.607. The van der Waals surface area contributed by atoms with E-state index < -0.39 is 5.60 Å². The second kappa shape index (κ2) is 7.71. The van der Waals surface area contributed by atoms with Crippen LogP contribution in [-0.4, -0.2) is 49.5 Å². The fourth-order valence-corrected chi connectivity index (χ4v) is 2.23. The van der Waals surface area contributed by atoms with E-state index in [1.807, 2.05) is 6.92 Å². The van der Waals surface area contributed by atoms with Crippen molar-refractivity contribution >= 4 is 5.91 Å². The van der Waals surface area contributed by atoms with Gasteiger partial charge in [0, 0.05) is 26.8 Å². The van der Waals surface area contributed by atoms with Gasteiger partial charge < -0.3 is 20.5 Å². The topological polar surface area (TPSA) is 70.6 Å². The Labute approximate surface area is 109 Å². The first-order valence-corrected chi connectivity index (χ1v) is 6.80. The Hall–Kier alpha value is -0.650. The predicted octanol–water partition coefficient (Wildman–Crippen LogP) is 0.422. The first-order chi connectivity index (χ1) is 8.57. The van der Waals surface area contributed by atoms with Crippen LogP contribution in [0.3, 0.4) is 0 Å². The largest absolute Gasteiger partial charge is 0.389 e. The SMILES string of the molecule is COCCCNC(=O)C(C)NCC1(O)CCCC1. The molecule has 0 saturated heterocycles. The standard InChI is InChI=1S/C13H26N2O3/c1-11(12(16)14-8-5-9-18-2)15-10-13(17)6-3-4-7-13/h11,15,17H,3-10H2,1-2H3,(H,14,16). The van der Waals surface area contributed by atoms with Crippen molar-refractivity contribution in [1.82, 2.24) is 10.6 Å². The van der Waals surface area contributed by atoms with Crippen LogP contribution in [0.1, 0.15) is 39.0 Å². The Kier molecular flexibility index (Phi) is 6.60. The molecule has 1 atom stereocenters. The summed E-state index contributed by atoms with van der Waals surface area (Å²) in [5.74, 6) is -0.0206. The number of hydrogen-bond donors (Lipinski definition) is 3. The van der Waals surface area contributed by atoms with Gasteiger partial charge in [0.05, 0.1) is 11.6 Å². The van der Waals surface area contributed by atoms with E-state index in [1.54, 1.807) is 7.11 Å². The minimum atomic E-state index is -0.607. The third-order valence-electron chi connectivity index (χ3n) is 3.49. The van der Waals surface area contributed by atoms with Crippen LogP contribution >= 0.6 is 0 Å². The van der Waals surface area contributed by atoms with Crippen molar-refractivity contribution in [3.63, 3.8) is 0 Å². The van der Waals surface area contributed by atoms with Gasteiger partial charge in [-0.05, 0) is 26.2 Å². The molecule has 106 valence electrons. The number of nitrogens with one attached hydrogen (secondary N) is 2. The van der Waals surface area contributed by atoms with Crippen LogP contribution in [0.4, 0.5) is 0 Å². The molecule has 0 aromatic heterocycles. The summed E-state index contributed by atoms with van der Waals surface area (Å²) in [7, 11) is 1.65. The second-order valence-corrected chi connectivity index (χ2v) is 5.17. The number of amides is 1. The molecule has 1 amide bonds. The lowest BCUT2D eigenvalue weighted by atomic mass is 10.0. The van der Waals surface area contributed by atoms with Gasteiger partial charge in [0.15, 0.2) is 0 Å². The lowest BCUT2D eigenvalue weighted by Crippen LogP contribution is -2.48. The summed E-state index contributed by atoms with van der Waals surface area (Å²) in [6, 6.07) is -0.267. The molecule has 3 N–H and O–H groups in total. The normalized spacial score (nSPS) is 19.7. The van der Waals surface area contributed by atoms with Crippen LogP contribution in [0.25, 0.3) is 0 Å². The maximum atomic E-state index is 11.7. The molecule has 0 aromatic carbocycles. The summed E-state index contributed by atoms with van der Waals surface area (Å²) in [5, 5.41) is 16.1. The zero-order chi connectivity index (χ0) is 13.4. The molecule has 1 rings (SSSR count). The number of hydrogen-bond acceptors (Lipinski definition) is 4. The quantitative estimate of drug-likeness (QED) is 0.552. The van der Waals surface area contributed by atoms with Crippen LogP contribution in [0.5, 0.6) is 0 Å². The maximum Gasteiger partial charge on any atom is 0.236 e. The van der Waals surface area contributed by atoms with Gasteiger partial charge in [0.25, 0.3) is 0 Å². The highest BCUT2D eigenvalue weighted by molar-refractivity contribution is 5.81. The van der Waals surface area contributed by atoms with E-state index in [0.29, 0.717) is 19.7 Å². The van der Waals surface area contributed by atoms with Gasteiger partial charge in [-0.25, -0.2) is 0 Å². The lowest BCUT2D eigenvalue weighted by molar-refractivity contribution is -0.123. The summed E-state index contributed by atoms with van der Waals surface area (Å²) >= 11 is 0. The van der Waals surface area contributed by atoms with Gasteiger partial charge >= 0.3 is 0 Å². The van der Waals surface area contributed by atoms with Crippen LogP contribution in [0.15, 0.2) is 0 Å². The van der Waals surface area contributed by atoms with Crippen molar-refractivity contribution in [3.8, 4) is 0 Å². The van der Waals surface area contributed by atoms with Gasteiger partial charge in [-0.3, -0.25) is 4.79 Å². The number of aliphatic hydroxyl groups is 1. The van der Waals surface area contributed by atoms with Crippen molar-refractivity contribution < 1.29 is 14.6 Å². The number of carbonyl (C=O) groups excluding carboxylic acids is 1. The summed E-state index contributed by atoms with van der Waals surface area (Å²) in [6.45, 7) is 3.61. The van der Waals surface area contributed by atoms with Gasteiger partial charge in [0.2, 0.25) is 5.91 Å². The van der Waals surface area contributed by atoms with Gasteiger partial charge in [-0.2, -0.15) is 0 Å². The molecule has 5 heteroatoms. The zero-order valence-corrected chi connectivity index (χ0v) is 11.5. The van der Waals surface area contributed by atoms with Crippen molar-refractivity contribution in [2.75, 3.05) is 26.8 Å². The molecular weight excluding hydrogens is 232 g/mol. The molecule has 1 fully saturated rings. The second-order valence-electron chi connectivity index (χ2n) is 5.17. The molecule has 1 unspecified atom stereocenters. The minimum Gasteiger partial charge on any atom is -0.389 e. The minimum absolute atomic E-state index is 0.0206. The van der Waals surface area contributed by atoms with E-state index in [0.717, 1.165) is 32.1 Å². The molecule has 0 radical (unpaired) electrons. The van der Waals surface area contributed by atoms with E-state index >= 15 is 0 Å². The van der Waals surface area contributed by atoms with E-state index in [-0.39, 0.29) is 11.9 Å². The van der Waals surface area contributed by atoms with E-state index in [4.69, 9.17) is 4.74 Å². The molecule has 0 bridgehead atoms. The monoisotopic (exact) mass is 258 g/mol. The molecule has 0 heterocycles. The van der Waals surface area contributed by atoms with Gasteiger partial charge in [-0.15, -0.1) is 0 Å². The Bertz CT molecular complexity index is 253. The van der Waals surface area contributed by atoms with Crippen molar-refractivity contribution in [2.45, 2.75) is 50.7 Å². The van der Waals surface area contributed by atoms with Crippen molar-refractivity contribution in [1.29, 1.82) is 0 Å². The van der Waals surface area contributed by atoms with E-state index in [9.17, 15) is 9.90 Å². The fraction of sp³-hybridized carbons (Fsp3) is 0.923. The highest BCUT2D eigenvalue weighted by Crippen LogP contribution is 2.28. The molecule has 18 heavy (non-hydrogen) atoms. The Morgan fingerprint density at radius 1 is 1.44 bits per heavy atom. The molecule has 1 aliphatic rings. The molecule has 1 aliphatic carbocycles. The third kappa shape index (κ3) is 5.33. The van der Waals surface area contributed by atoms with Crippen LogP contribution in [0.2, 0.25) is 0 Å². The van der Waals surface area contributed by atoms with Crippen molar-refractivity contribution in [3.05, 3.63) is 0 Å². The van der Waals surface area contributed by atoms with Crippen LogP contribution in [0, 0.1) is 0 Å².